The highest BCUT2D eigenvalue weighted by Crippen LogP contribution is 2.37. The Kier molecular flexibility index (Phi) is 7.20. The van der Waals surface area contributed by atoms with Crippen molar-refractivity contribution in [3.8, 4) is 5.75 Å². The quantitative estimate of drug-likeness (QED) is 0.618. The van der Waals surface area contributed by atoms with Crippen LogP contribution in [0.1, 0.15) is 50.6 Å². The van der Waals surface area contributed by atoms with Gasteiger partial charge in [-0.2, -0.15) is 0 Å². The molecule has 1 saturated heterocycles. The normalized spacial score (nSPS) is 24.4. The minimum absolute atomic E-state index is 0.0476. The van der Waals surface area contributed by atoms with Crippen LogP contribution in [0.2, 0.25) is 0 Å². The molecule has 31 heavy (non-hydrogen) atoms. The summed E-state index contributed by atoms with van der Waals surface area (Å²) in [5.74, 6) is 0.768. The van der Waals surface area contributed by atoms with Crippen LogP contribution in [0.4, 0.5) is 4.79 Å². The molecule has 1 aromatic carbocycles. The first-order chi connectivity index (χ1) is 14.8. The van der Waals surface area contributed by atoms with Gasteiger partial charge in [-0.25, -0.2) is 4.79 Å². The van der Waals surface area contributed by atoms with Gasteiger partial charge in [-0.05, 0) is 63.4 Å². The van der Waals surface area contributed by atoms with E-state index in [9.17, 15) is 14.4 Å². The Balaban J connectivity index is 1.58. The Labute approximate surface area is 184 Å². The summed E-state index contributed by atoms with van der Waals surface area (Å²) in [6.45, 7) is 2.26. The lowest BCUT2D eigenvalue weighted by molar-refractivity contribution is -0.136. The molecule has 0 radical (unpaired) electrons. The average Bonchev–Trinajstić information content (AvgIpc) is 2.98. The maximum Gasteiger partial charge on any atom is 0.325 e. The van der Waals surface area contributed by atoms with Gasteiger partial charge in [0, 0.05) is 6.54 Å². The van der Waals surface area contributed by atoms with Gasteiger partial charge in [0.1, 0.15) is 17.8 Å². The molecule has 0 bridgehead atoms. The lowest BCUT2D eigenvalue weighted by atomic mass is 9.75. The third-order valence-electron chi connectivity index (χ3n) is 6.70. The predicted molar refractivity (Wildman–Crippen MR) is 118 cm³/mol. The van der Waals surface area contributed by atoms with Crippen LogP contribution >= 0.6 is 0 Å². The van der Waals surface area contributed by atoms with E-state index in [1.54, 1.807) is 7.11 Å². The maximum absolute atomic E-state index is 13.0. The van der Waals surface area contributed by atoms with Crippen LogP contribution in [-0.2, 0) is 9.59 Å². The summed E-state index contributed by atoms with van der Waals surface area (Å²) in [6.07, 6.45) is 4.23. The molecule has 1 aliphatic heterocycles. The van der Waals surface area contributed by atoms with Crippen LogP contribution < -0.4 is 15.4 Å². The summed E-state index contributed by atoms with van der Waals surface area (Å²) >= 11 is 0. The molecule has 8 heteroatoms. The summed E-state index contributed by atoms with van der Waals surface area (Å²) < 4.78 is 5.20. The second-order valence-corrected chi connectivity index (χ2v) is 8.81. The Morgan fingerprint density at radius 2 is 1.90 bits per heavy atom. The van der Waals surface area contributed by atoms with Gasteiger partial charge in [0.25, 0.3) is 5.91 Å². The molecule has 2 fully saturated rings. The monoisotopic (exact) mass is 430 g/mol. The van der Waals surface area contributed by atoms with Gasteiger partial charge in [0.15, 0.2) is 0 Å². The predicted octanol–water partition coefficient (Wildman–Crippen LogP) is 2.30. The van der Waals surface area contributed by atoms with Gasteiger partial charge in [0.2, 0.25) is 5.91 Å². The first-order valence-electron chi connectivity index (χ1n) is 11.0. The number of carbonyl (C=O) groups excluding carboxylic acids is 3. The molecular weight excluding hydrogens is 396 g/mol. The molecule has 8 nitrogen and oxygen atoms in total. The molecule has 1 heterocycles. The van der Waals surface area contributed by atoms with Crippen molar-refractivity contribution in [2.75, 3.05) is 34.3 Å². The van der Waals surface area contributed by atoms with Gasteiger partial charge in [-0.15, -0.1) is 0 Å². The van der Waals surface area contributed by atoms with Crippen LogP contribution in [0.25, 0.3) is 0 Å². The largest absolute Gasteiger partial charge is 0.497 e. The number of imide groups is 1. The number of urea groups is 1. The number of likely N-dealkylation sites (N-methyl/N-ethyl adjacent to an activating group) is 1. The Bertz CT molecular complexity index is 800. The fourth-order valence-electron chi connectivity index (χ4n) is 4.57. The third-order valence-corrected chi connectivity index (χ3v) is 6.70. The first kappa shape index (κ1) is 23.1. The molecule has 1 unspecified atom stereocenters. The standard InChI is InChI=1S/C23H34N4O4/c1-5-16-10-12-23(13-11-16)21(29)27(22(30)25-23)15-20(28)24-14-19(26(2)3)17-6-8-18(31-4)9-7-17/h6-9,16,19H,5,10-15H2,1-4H3,(H,24,28)(H,25,30). The SMILES string of the molecule is CCC1CCC2(CC1)NC(=O)N(CC(=O)NCC(c1ccc(OC)cc1)N(C)C)C2=O. The number of ether oxygens (including phenoxy) is 1. The first-order valence-corrected chi connectivity index (χ1v) is 11.0. The molecular formula is C23H34N4O4. The van der Waals surface area contributed by atoms with Crippen molar-refractivity contribution in [3.63, 3.8) is 0 Å². The molecule has 4 amide bonds. The molecule has 3 rings (SSSR count). The molecule has 1 spiro atoms. The van der Waals surface area contributed by atoms with E-state index >= 15 is 0 Å². The van der Waals surface area contributed by atoms with Gasteiger partial charge in [-0.3, -0.25) is 14.5 Å². The van der Waals surface area contributed by atoms with E-state index in [1.165, 1.54) is 0 Å². The van der Waals surface area contributed by atoms with Crippen molar-refractivity contribution < 1.29 is 19.1 Å². The third kappa shape index (κ3) is 5.01. The summed E-state index contributed by atoms with van der Waals surface area (Å²) in [7, 11) is 5.50. The smallest absolute Gasteiger partial charge is 0.325 e. The van der Waals surface area contributed by atoms with Crippen LogP contribution in [0.3, 0.4) is 0 Å². The lowest BCUT2D eigenvalue weighted by Crippen LogP contribution is -2.50. The summed E-state index contributed by atoms with van der Waals surface area (Å²) in [5, 5.41) is 5.76. The fraction of sp³-hybridized carbons (Fsp3) is 0.609. The molecule has 0 aromatic heterocycles. The number of methoxy groups -OCH3 is 1. The Morgan fingerprint density at radius 1 is 1.26 bits per heavy atom. The number of rotatable bonds is 8. The van der Waals surface area contributed by atoms with E-state index in [0.29, 0.717) is 25.3 Å². The molecule has 2 N–H and O–H groups in total. The molecule has 1 aromatic rings. The van der Waals surface area contributed by atoms with Crippen LogP contribution in [-0.4, -0.2) is 67.5 Å². The molecule has 2 aliphatic rings. The van der Waals surface area contributed by atoms with Crippen molar-refractivity contribution >= 4 is 17.8 Å². The van der Waals surface area contributed by atoms with Gasteiger partial charge in [0.05, 0.1) is 13.2 Å². The van der Waals surface area contributed by atoms with E-state index in [2.05, 4.69) is 17.6 Å². The van der Waals surface area contributed by atoms with Crippen molar-refractivity contribution in [2.45, 2.75) is 50.6 Å². The van der Waals surface area contributed by atoms with Crippen molar-refractivity contribution in [3.05, 3.63) is 29.8 Å². The highest BCUT2D eigenvalue weighted by Gasteiger charge is 2.52. The number of benzene rings is 1. The van der Waals surface area contributed by atoms with E-state index in [0.717, 1.165) is 35.5 Å². The highest BCUT2D eigenvalue weighted by molar-refractivity contribution is 6.09. The van der Waals surface area contributed by atoms with Crippen molar-refractivity contribution in [1.29, 1.82) is 0 Å². The number of amides is 4. The zero-order chi connectivity index (χ0) is 22.6. The van der Waals surface area contributed by atoms with Crippen LogP contribution in [0.5, 0.6) is 5.75 Å². The second-order valence-electron chi connectivity index (χ2n) is 8.81. The summed E-state index contributed by atoms with van der Waals surface area (Å²) in [6, 6.07) is 7.18. The molecule has 1 saturated carbocycles. The lowest BCUT2D eigenvalue weighted by Gasteiger charge is -2.34. The Hall–Kier alpha value is -2.61. The highest BCUT2D eigenvalue weighted by atomic mass is 16.5. The molecule has 1 atom stereocenters. The zero-order valence-electron chi connectivity index (χ0n) is 18.9. The van der Waals surface area contributed by atoms with E-state index in [1.807, 2.05) is 43.3 Å². The van der Waals surface area contributed by atoms with E-state index in [-0.39, 0.29) is 24.4 Å². The molecule has 1 aliphatic carbocycles. The molecule has 170 valence electrons. The van der Waals surface area contributed by atoms with Gasteiger partial charge < -0.3 is 20.3 Å². The van der Waals surface area contributed by atoms with E-state index < -0.39 is 11.6 Å². The van der Waals surface area contributed by atoms with Crippen molar-refractivity contribution in [2.24, 2.45) is 5.92 Å². The summed E-state index contributed by atoms with van der Waals surface area (Å²) in [4.78, 5) is 41.1. The topological polar surface area (TPSA) is 91.0 Å². The minimum atomic E-state index is -0.821. The average molecular weight is 431 g/mol. The fourth-order valence-corrected chi connectivity index (χ4v) is 4.57. The number of hydrogen-bond donors (Lipinski definition) is 2. The summed E-state index contributed by atoms with van der Waals surface area (Å²) in [5.41, 5.74) is 0.214. The maximum atomic E-state index is 13.0. The van der Waals surface area contributed by atoms with Crippen molar-refractivity contribution in [1.82, 2.24) is 20.4 Å². The minimum Gasteiger partial charge on any atom is -0.497 e. The van der Waals surface area contributed by atoms with Crippen LogP contribution in [0, 0.1) is 5.92 Å². The van der Waals surface area contributed by atoms with E-state index in [4.69, 9.17) is 4.74 Å². The Morgan fingerprint density at radius 3 is 2.45 bits per heavy atom. The van der Waals surface area contributed by atoms with Gasteiger partial charge in [-0.1, -0.05) is 25.5 Å². The van der Waals surface area contributed by atoms with Gasteiger partial charge >= 0.3 is 6.03 Å². The number of hydrogen-bond acceptors (Lipinski definition) is 5. The number of carbonyl (C=O) groups is 3. The number of nitrogens with one attached hydrogen (secondary N) is 2. The second kappa shape index (κ2) is 9.68. The van der Waals surface area contributed by atoms with Crippen LogP contribution in [0.15, 0.2) is 24.3 Å². The number of nitrogens with zero attached hydrogens (tertiary/aromatic N) is 2. The zero-order valence-corrected chi connectivity index (χ0v) is 18.9.